The molecule has 0 saturated carbocycles. The highest BCUT2D eigenvalue weighted by Gasteiger charge is 2.23. The molecule has 1 aromatic carbocycles. The average Bonchev–Trinajstić information content (AvgIpc) is 2.59. The third kappa shape index (κ3) is 4.58. The number of alkyl halides is 3. The fraction of sp³-hybridized carbons (Fsp3) is 0.294. The predicted molar refractivity (Wildman–Crippen MR) is 95.9 cm³/mol. The Morgan fingerprint density at radius 2 is 1.83 bits per heavy atom. The summed E-state index contributed by atoms with van der Waals surface area (Å²) in [5.74, 6) is -0.371. The lowest BCUT2D eigenvalue weighted by atomic mass is 9.92. The maximum absolute atomic E-state index is 13.3. The quantitative estimate of drug-likeness (QED) is 0.762. The molecule has 0 aliphatic rings. The van der Waals surface area contributed by atoms with Crippen LogP contribution in [0.15, 0.2) is 42.6 Å². The summed E-state index contributed by atoms with van der Waals surface area (Å²) in [7, 11) is 0. The van der Waals surface area contributed by atoms with Crippen LogP contribution in [0.3, 0.4) is 0 Å². The second kappa shape index (κ2) is 8.31. The monoisotopic (exact) mass is 369 g/mol. The molecule has 2 atom stereocenters. The Hall–Kier alpha value is -1.85. The molecule has 0 unspecified atom stereocenters. The molecular weight excluding hydrogens is 352 g/mol. The lowest BCUT2D eigenvalue weighted by Gasteiger charge is -2.23. The number of amides is 1. The van der Waals surface area contributed by atoms with Gasteiger partial charge in [-0.25, -0.2) is 9.37 Å². The van der Waals surface area contributed by atoms with E-state index in [0.717, 1.165) is 16.7 Å². The molecule has 0 radical (unpaired) electrons. The van der Waals surface area contributed by atoms with Crippen molar-refractivity contribution in [1.29, 1.82) is 0 Å². The zero-order chi connectivity index (χ0) is 17.7. The number of nitrogen functional groups attached to an aromatic ring is 1. The van der Waals surface area contributed by atoms with Crippen LogP contribution in [-0.4, -0.2) is 28.4 Å². The van der Waals surface area contributed by atoms with Gasteiger partial charge in [0.2, 0.25) is 0 Å². The molecular formula is C17H18Cl2FN3O. The minimum Gasteiger partial charge on any atom is -0.384 e. The molecule has 1 aromatic heterocycles. The standard InChI is InChI=1S/C17H18Cl2FN3O/c1-10(14(8-20)23-17(24)16(18)19)11-2-4-12(5-3-11)13-6-7-15(21)22-9-13/h2-7,9-10,14,16H,8H2,1H3,(H2,21,22)(H,23,24)/t10-,14-/m1/s1. The van der Waals surface area contributed by atoms with E-state index in [2.05, 4.69) is 10.3 Å². The zero-order valence-corrected chi connectivity index (χ0v) is 14.6. The first-order valence-electron chi connectivity index (χ1n) is 7.38. The Labute approximate surface area is 150 Å². The first-order valence-corrected chi connectivity index (χ1v) is 8.26. The Morgan fingerprint density at radius 1 is 1.21 bits per heavy atom. The summed E-state index contributed by atoms with van der Waals surface area (Å²) in [6.07, 6.45) is 1.69. The minimum absolute atomic E-state index is 0.232. The number of carbonyl (C=O) groups is 1. The van der Waals surface area contributed by atoms with E-state index in [9.17, 15) is 9.18 Å². The van der Waals surface area contributed by atoms with Gasteiger partial charge in [-0.2, -0.15) is 0 Å². The lowest BCUT2D eigenvalue weighted by molar-refractivity contribution is -0.120. The largest absolute Gasteiger partial charge is 0.384 e. The van der Waals surface area contributed by atoms with Crippen LogP contribution >= 0.6 is 23.2 Å². The summed E-state index contributed by atoms with van der Waals surface area (Å²) in [4.78, 5) is 14.4. The Bertz CT molecular complexity index is 677. The van der Waals surface area contributed by atoms with E-state index in [-0.39, 0.29) is 5.92 Å². The van der Waals surface area contributed by atoms with Gasteiger partial charge in [0.05, 0.1) is 6.04 Å². The normalized spacial score (nSPS) is 13.5. The van der Waals surface area contributed by atoms with E-state index in [4.69, 9.17) is 28.9 Å². The first-order chi connectivity index (χ1) is 11.4. The molecule has 0 aliphatic carbocycles. The molecule has 0 bridgehead atoms. The number of pyridine rings is 1. The number of hydrogen-bond acceptors (Lipinski definition) is 3. The van der Waals surface area contributed by atoms with Crippen molar-refractivity contribution in [3.63, 3.8) is 0 Å². The summed E-state index contributed by atoms with van der Waals surface area (Å²) in [6.45, 7) is 1.12. The molecule has 128 valence electrons. The maximum atomic E-state index is 13.3. The first kappa shape index (κ1) is 18.5. The summed E-state index contributed by atoms with van der Waals surface area (Å²) in [5.41, 5.74) is 8.38. The van der Waals surface area contributed by atoms with Crippen LogP contribution < -0.4 is 11.1 Å². The van der Waals surface area contributed by atoms with Gasteiger partial charge < -0.3 is 11.1 Å². The number of carbonyl (C=O) groups excluding carboxylic acids is 1. The van der Waals surface area contributed by atoms with Crippen LogP contribution in [0.5, 0.6) is 0 Å². The Morgan fingerprint density at radius 3 is 2.33 bits per heavy atom. The third-order valence-corrected chi connectivity index (χ3v) is 4.25. The van der Waals surface area contributed by atoms with E-state index in [1.807, 2.05) is 37.3 Å². The summed E-state index contributed by atoms with van der Waals surface area (Å²) in [5, 5.41) is 2.52. The second-order valence-corrected chi connectivity index (χ2v) is 6.55. The topological polar surface area (TPSA) is 68.0 Å². The highest BCUT2D eigenvalue weighted by Crippen LogP contribution is 2.25. The van der Waals surface area contributed by atoms with Gasteiger partial charge in [0, 0.05) is 17.7 Å². The number of aromatic nitrogens is 1. The molecule has 7 heteroatoms. The van der Waals surface area contributed by atoms with E-state index < -0.39 is 23.5 Å². The second-order valence-electron chi connectivity index (χ2n) is 5.45. The van der Waals surface area contributed by atoms with Gasteiger partial charge >= 0.3 is 0 Å². The fourth-order valence-electron chi connectivity index (χ4n) is 2.33. The van der Waals surface area contributed by atoms with Crippen molar-refractivity contribution in [2.75, 3.05) is 12.4 Å². The van der Waals surface area contributed by atoms with E-state index in [1.54, 1.807) is 12.3 Å². The van der Waals surface area contributed by atoms with Crippen molar-refractivity contribution in [1.82, 2.24) is 10.3 Å². The smallest absolute Gasteiger partial charge is 0.253 e. The zero-order valence-electron chi connectivity index (χ0n) is 13.0. The molecule has 2 aromatic rings. The molecule has 1 amide bonds. The number of anilines is 1. The molecule has 0 spiro atoms. The molecule has 0 saturated heterocycles. The summed E-state index contributed by atoms with van der Waals surface area (Å²) >= 11 is 11.0. The number of benzene rings is 1. The SMILES string of the molecule is C[C@H](c1ccc(-c2ccc(N)nc2)cc1)[C@@H](CF)NC(=O)C(Cl)Cl. The highest BCUT2D eigenvalue weighted by atomic mass is 35.5. The van der Waals surface area contributed by atoms with Gasteiger partial charge in [0.1, 0.15) is 12.5 Å². The van der Waals surface area contributed by atoms with Gasteiger partial charge in [-0.1, -0.05) is 54.4 Å². The van der Waals surface area contributed by atoms with Crippen LogP contribution in [0.25, 0.3) is 11.1 Å². The van der Waals surface area contributed by atoms with Crippen LogP contribution in [0, 0.1) is 0 Å². The van der Waals surface area contributed by atoms with Crippen molar-refractivity contribution in [3.05, 3.63) is 48.2 Å². The number of nitrogens with two attached hydrogens (primary N) is 1. The number of nitrogens with one attached hydrogen (secondary N) is 1. The third-order valence-electron chi connectivity index (χ3n) is 3.85. The number of rotatable bonds is 6. The van der Waals surface area contributed by atoms with Crippen molar-refractivity contribution in [2.45, 2.75) is 23.7 Å². The van der Waals surface area contributed by atoms with E-state index in [1.165, 1.54) is 0 Å². The van der Waals surface area contributed by atoms with Crippen LogP contribution in [0.1, 0.15) is 18.4 Å². The summed E-state index contributed by atoms with van der Waals surface area (Å²) < 4.78 is 13.3. The van der Waals surface area contributed by atoms with Gasteiger partial charge in [0.25, 0.3) is 5.91 Å². The maximum Gasteiger partial charge on any atom is 0.253 e. The van der Waals surface area contributed by atoms with E-state index >= 15 is 0 Å². The lowest BCUT2D eigenvalue weighted by Crippen LogP contribution is -2.42. The number of halogens is 3. The molecule has 3 N–H and O–H groups in total. The average molecular weight is 370 g/mol. The van der Waals surface area contributed by atoms with Crippen LogP contribution in [0.2, 0.25) is 0 Å². The molecule has 1 heterocycles. The van der Waals surface area contributed by atoms with Crippen molar-refractivity contribution >= 4 is 34.9 Å². The molecule has 0 fully saturated rings. The fourth-order valence-corrected chi connectivity index (χ4v) is 2.46. The predicted octanol–water partition coefficient (Wildman–Crippen LogP) is 3.69. The molecule has 4 nitrogen and oxygen atoms in total. The molecule has 24 heavy (non-hydrogen) atoms. The van der Waals surface area contributed by atoms with Crippen molar-refractivity contribution < 1.29 is 9.18 Å². The van der Waals surface area contributed by atoms with E-state index in [0.29, 0.717) is 5.82 Å². The van der Waals surface area contributed by atoms with Gasteiger partial charge in [-0.05, 0) is 23.3 Å². The van der Waals surface area contributed by atoms with Crippen LogP contribution in [0.4, 0.5) is 10.2 Å². The van der Waals surface area contributed by atoms with Gasteiger partial charge in [-0.15, -0.1) is 0 Å². The van der Waals surface area contributed by atoms with Crippen molar-refractivity contribution in [3.8, 4) is 11.1 Å². The highest BCUT2D eigenvalue weighted by molar-refractivity contribution is 6.53. The van der Waals surface area contributed by atoms with Gasteiger partial charge in [-0.3, -0.25) is 4.79 Å². The molecule has 0 aliphatic heterocycles. The number of hydrogen-bond donors (Lipinski definition) is 2. The molecule has 2 rings (SSSR count). The number of nitrogens with zero attached hydrogens (tertiary/aromatic N) is 1. The van der Waals surface area contributed by atoms with Crippen molar-refractivity contribution in [2.24, 2.45) is 0 Å². The minimum atomic E-state index is -1.22. The Balaban J connectivity index is 2.13. The summed E-state index contributed by atoms with van der Waals surface area (Å²) in [6, 6.07) is 10.5. The Kier molecular flexibility index (Phi) is 6.40. The van der Waals surface area contributed by atoms with Gasteiger partial charge in [0.15, 0.2) is 4.84 Å². The van der Waals surface area contributed by atoms with Crippen LogP contribution in [-0.2, 0) is 4.79 Å².